The maximum absolute atomic E-state index is 11.9. The van der Waals surface area contributed by atoms with Gasteiger partial charge in [0.15, 0.2) is 0 Å². The zero-order valence-electron chi connectivity index (χ0n) is 13.3. The Morgan fingerprint density at radius 3 is 2.88 bits per heavy atom. The van der Waals surface area contributed by atoms with Gasteiger partial charge in [0.05, 0.1) is 46.2 Å². The molecule has 2 aromatic carbocycles. The fourth-order valence-corrected chi connectivity index (χ4v) is 3.43. The van der Waals surface area contributed by atoms with Gasteiger partial charge < -0.3 is 14.0 Å². The summed E-state index contributed by atoms with van der Waals surface area (Å²) in [6.45, 7) is 0.324. The number of esters is 1. The van der Waals surface area contributed by atoms with Gasteiger partial charge in [0.1, 0.15) is 18.2 Å². The molecule has 0 unspecified atom stereocenters. The molecular weight excluding hydrogens is 363 g/mol. The van der Waals surface area contributed by atoms with Crippen LogP contribution in [0.15, 0.2) is 36.4 Å². The van der Waals surface area contributed by atoms with Gasteiger partial charge in [-0.15, -0.1) is 0 Å². The van der Waals surface area contributed by atoms with Crippen LogP contribution in [0.3, 0.4) is 0 Å². The summed E-state index contributed by atoms with van der Waals surface area (Å²) in [4.78, 5) is 16.6. The first kappa shape index (κ1) is 16.2. The highest BCUT2D eigenvalue weighted by atomic mass is 35.5. The molecule has 0 aliphatic carbocycles. The molecule has 25 heavy (non-hydrogen) atoms. The van der Waals surface area contributed by atoms with Crippen molar-refractivity contribution in [1.82, 2.24) is 9.55 Å². The number of nitrogens with zero attached hydrogens (tertiary/aromatic N) is 2. The SMILES string of the molecule is COC(=O)C[C@H]1COc2ccccc2-c2nc3cc(Cl)c(Cl)cc3n21. The minimum absolute atomic E-state index is 0.170. The zero-order chi connectivity index (χ0) is 17.6. The number of carbonyl (C=O) groups is 1. The molecule has 0 N–H and O–H groups in total. The van der Waals surface area contributed by atoms with E-state index in [0.717, 1.165) is 28.2 Å². The first-order valence-electron chi connectivity index (χ1n) is 7.74. The van der Waals surface area contributed by atoms with Crippen LogP contribution in [0.5, 0.6) is 5.75 Å². The molecule has 1 aromatic heterocycles. The molecule has 0 amide bonds. The van der Waals surface area contributed by atoms with Crippen LogP contribution < -0.4 is 4.74 Å². The van der Waals surface area contributed by atoms with Crippen molar-refractivity contribution in [3.05, 3.63) is 46.4 Å². The topological polar surface area (TPSA) is 53.4 Å². The van der Waals surface area contributed by atoms with E-state index in [1.54, 1.807) is 12.1 Å². The van der Waals surface area contributed by atoms with Crippen molar-refractivity contribution in [3.63, 3.8) is 0 Å². The van der Waals surface area contributed by atoms with Gasteiger partial charge in [-0.3, -0.25) is 4.79 Å². The lowest BCUT2D eigenvalue weighted by atomic mass is 10.1. The van der Waals surface area contributed by atoms with Crippen molar-refractivity contribution in [3.8, 4) is 17.1 Å². The van der Waals surface area contributed by atoms with Crippen LogP contribution in [0.1, 0.15) is 12.5 Å². The third-order valence-electron chi connectivity index (χ3n) is 4.29. The van der Waals surface area contributed by atoms with Gasteiger partial charge in [-0.05, 0) is 24.3 Å². The van der Waals surface area contributed by atoms with Gasteiger partial charge in [-0.2, -0.15) is 0 Å². The normalized spacial score (nSPS) is 15.9. The van der Waals surface area contributed by atoms with Crippen molar-refractivity contribution in [2.24, 2.45) is 0 Å². The van der Waals surface area contributed by atoms with Crippen LogP contribution in [0.4, 0.5) is 0 Å². The number of benzene rings is 2. The van der Waals surface area contributed by atoms with Gasteiger partial charge >= 0.3 is 5.97 Å². The van der Waals surface area contributed by atoms with Crippen molar-refractivity contribution < 1.29 is 14.3 Å². The van der Waals surface area contributed by atoms with Crippen molar-refractivity contribution >= 4 is 40.2 Å². The number of ether oxygens (including phenoxy) is 2. The van der Waals surface area contributed by atoms with Gasteiger partial charge in [0, 0.05) is 0 Å². The second-order valence-corrected chi connectivity index (χ2v) is 6.62. The molecule has 0 saturated heterocycles. The largest absolute Gasteiger partial charge is 0.491 e. The number of carbonyl (C=O) groups excluding carboxylic acids is 1. The molecule has 0 saturated carbocycles. The number of rotatable bonds is 2. The summed E-state index contributed by atoms with van der Waals surface area (Å²) in [6.07, 6.45) is 0.170. The molecule has 1 aliphatic heterocycles. The van der Waals surface area contributed by atoms with Gasteiger partial charge in [0.2, 0.25) is 0 Å². The lowest BCUT2D eigenvalue weighted by Crippen LogP contribution is -2.20. The fraction of sp³-hybridized carbons (Fsp3) is 0.222. The smallest absolute Gasteiger partial charge is 0.307 e. The predicted octanol–water partition coefficient (Wildman–Crippen LogP) is 4.51. The number of imidazole rings is 1. The Balaban J connectivity index is 1.99. The highest BCUT2D eigenvalue weighted by Crippen LogP contribution is 2.39. The molecule has 0 spiro atoms. The summed E-state index contributed by atoms with van der Waals surface area (Å²) >= 11 is 12.4. The van der Waals surface area contributed by atoms with Gasteiger partial charge in [0.25, 0.3) is 0 Å². The Morgan fingerprint density at radius 2 is 2.08 bits per heavy atom. The number of para-hydroxylation sites is 1. The lowest BCUT2D eigenvalue weighted by Gasteiger charge is -2.18. The summed E-state index contributed by atoms with van der Waals surface area (Å²) in [5.74, 6) is 1.13. The second kappa shape index (κ2) is 6.24. The van der Waals surface area contributed by atoms with E-state index in [2.05, 4.69) is 0 Å². The quantitative estimate of drug-likeness (QED) is 0.617. The standard InChI is InChI=1S/C18H14Cl2N2O3/c1-24-17(23)6-10-9-25-16-5-3-2-4-11(16)18-21-14-7-12(19)13(20)8-15(14)22(10)18/h2-5,7-8,10H,6,9H2,1H3/t10-/m0/s1. The molecule has 0 radical (unpaired) electrons. The maximum atomic E-state index is 11.9. The van der Waals surface area contributed by atoms with Crippen molar-refractivity contribution in [2.75, 3.05) is 13.7 Å². The monoisotopic (exact) mass is 376 g/mol. The molecule has 5 nitrogen and oxygen atoms in total. The summed E-state index contributed by atoms with van der Waals surface area (Å²) in [5.41, 5.74) is 2.38. The maximum Gasteiger partial charge on any atom is 0.307 e. The highest BCUT2D eigenvalue weighted by Gasteiger charge is 2.28. The predicted molar refractivity (Wildman–Crippen MR) is 96.4 cm³/mol. The number of halogens is 2. The Hall–Kier alpha value is -2.24. The van der Waals surface area contributed by atoms with Gasteiger partial charge in [-0.25, -0.2) is 4.98 Å². The number of fused-ring (bicyclic) bond motifs is 5. The van der Waals surface area contributed by atoms with Gasteiger partial charge in [-0.1, -0.05) is 35.3 Å². The third kappa shape index (κ3) is 2.73. The summed E-state index contributed by atoms with van der Waals surface area (Å²) < 4.78 is 12.8. The van der Waals surface area contributed by atoms with Crippen molar-refractivity contribution in [1.29, 1.82) is 0 Å². The van der Waals surface area contributed by atoms with E-state index in [1.807, 2.05) is 28.8 Å². The van der Waals surface area contributed by atoms with E-state index < -0.39 is 0 Å². The summed E-state index contributed by atoms with van der Waals surface area (Å²) in [5, 5.41) is 0.878. The molecule has 1 aliphatic rings. The lowest BCUT2D eigenvalue weighted by molar-refractivity contribution is -0.141. The summed E-state index contributed by atoms with van der Waals surface area (Å²) in [7, 11) is 1.37. The van der Waals surface area contributed by atoms with E-state index in [-0.39, 0.29) is 18.4 Å². The van der Waals surface area contributed by atoms with Crippen LogP contribution >= 0.6 is 23.2 Å². The molecule has 2 heterocycles. The Kier molecular flexibility index (Phi) is 4.06. The first-order chi connectivity index (χ1) is 12.1. The number of hydrogen-bond donors (Lipinski definition) is 0. The molecule has 0 bridgehead atoms. The average Bonchev–Trinajstić information content (AvgIpc) is 2.89. The third-order valence-corrected chi connectivity index (χ3v) is 5.01. The summed E-state index contributed by atoms with van der Waals surface area (Å²) in [6, 6.07) is 10.9. The first-order valence-corrected chi connectivity index (χ1v) is 8.50. The molecule has 1 atom stereocenters. The molecule has 0 fully saturated rings. The van der Waals surface area contributed by atoms with E-state index in [4.69, 9.17) is 37.7 Å². The van der Waals surface area contributed by atoms with E-state index in [0.29, 0.717) is 16.7 Å². The van der Waals surface area contributed by atoms with Crippen LogP contribution in [-0.2, 0) is 9.53 Å². The van der Waals surface area contributed by atoms with Crippen molar-refractivity contribution in [2.45, 2.75) is 12.5 Å². The molecule has 128 valence electrons. The van der Waals surface area contributed by atoms with Crippen LogP contribution in [0.2, 0.25) is 10.0 Å². The molecule has 7 heteroatoms. The average molecular weight is 377 g/mol. The van der Waals surface area contributed by atoms with E-state index in [9.17, 15) is 4.79 Å². The molecular formula is C18H14Cl2N2O3. The zero-order valence-corrected chi connectivity index (χ0v) is 14.8. The Labute approximate surface area is 154 Å². The minimum Gasteiger partial charge on any atom is -0.491 e. The molecule has 3 aromatic rings. The number of methoxy groups -OCH3 is 1. The highest BCUT2D eigenvalue weighted by molar-refractivity contribution is 6.42. The molecule has 4 rings (SSSR count). The second-order valence-electron chi connectivity index (χ2n) is 5.80. The van der Waals surface area contributed by atoms with Crippen LogP contribution in [0.25, 0.3) is 22.4 Å². The van der Waals surface area contributed by atoms with E-state index in [1.165, 1.54) is 7.11 Å². The minimum atomic E-state index is -0.313. The van der Waals surface area contributed by atoms with Crippen LogP contribution in [0, 0.1) is 0 Å². The number of aromatic nitrogens is 2. The number of hydrogen-bond acceptors (Lipinski definition) is 4. The Morgan fingerprint density at radius 1 is 1.32 bits per heavy atom. The van der Waals surface area contributed by atoms with Crippen LogP contribution in [-0.4, -0.2) is 29.2 Å². The van der Waals surface area contributed by atoms with E-state index >= 15 is 0 Å². The fourth-order valence-electron chi connectivity index (χ4n) is 3.11. The Bertz CT molecular complexity index is 984.